The number of benzene rings is 4. The van der Waals surface area contributed by atoms with Crippen LogP contribution in [0.5, 0.6) is 0 Å². The number of aromatic nitrogens is 7. The van der Waals surface area contributed by atoms with Crippen molar-refractivity contribution in [3.63, 3.8) is 0 Å². The maximum Gasteiger partial charge on any atom is 0.357 e. The first-order chi connectivity index (χ1) is 22.4. The number of para-hydroxylation sites is 1. The minimum atomic E-state index is -0.470. The van der Waals surface area contributed by atoms with Crippen molar-refractivity contribution in [3.05, 3.63) is 146 Å². The van der Waals surface area contributed by atoms with Crippen molar-refractivity contribution in [2.75, 3.05) is 0 Å². The number of hydrogen-bond acceptors (Lipinski definition) is 7. The molecule has 4 heterocycles. The van der Waals surface area contributed by atoms with Crippen LogP contribution in [0, 0.1) is 0 Å². The average molecular weight is 729 g/mol. The van der Waals surface area contributed by atoms with Crippen LogP contribution in [0.3, 0.4) is 0 Å². The van der Waals surface area contributed by atoms with Crippen LogP contribution in [0.15, 0.2) is 134 Å². The molecule has 0 fully saturated rings. The summed E-state index contributed by atoms with van der Waals surface area (Å²) >= 11 is 7.00. The highest BCUT2D eigenvalue weighted by atomic mass is 79.9. The fraction of sp³-hybridized carbons (Fsp3) is 0. The van der Waals surface area contributed by atoms with Gasteiger partial charge in [0.25, 0.3) is 0 Å². The summed E-state index contributed by atoms with van der Waals surface area (Å²) in [5.41, 5.74) is 5.94. The Morgan fingerprint density at radius 1 is 0.500 bits per heavy atom. The normalized spacial score (nSPS) is 11.4. The molecule has 0 unspecified atom stereocenters. The van der Waals surface area contributed by atoms with Crippen LogP contribution in [0.4, 0.5) is 0 Å². The first-order valence-corrected chi connectivity index (χ1v) is 15.7. The van der Waals surface area contributed by atoms with Crippen LogP contribution in [0.25, 0.3) is 67.2 Å². The first-order valence-electron chi connectivity index (χ1n) is 14.1. The van der Waals surface area contributed by atoms with Crippen LogP contribution in [-0.2, 0) is 0 Å². The summed E-state index contributed by atoms with van der Waals surface area (Å²) in [4.78, 5) is 48.5. The molecule has 9 nitrogen and oxygen atoms in total. The van der Waals surface area contributed by atoms with Crippen molar-refractivity contribution in [2.45, 2.75) is 0 Å². The van der Waals surface area contributed by atoms with Gasteiger partial charge >= 0.3 is 11.4 Å². The minimum Gasteiger partial charge on any atom is -0.250 e. The predicted molar refractivity (Wildman–Crippen MR) is 185 cm³/mol. The third-order valence-corrected chi connectivity index (χ3v) is 8.79. The molecule has 4 aromatic carbocycles. The molecule has 0 saturated heterocycles. The summed E-state index contributed by atoms with van der Waals surface area (Å²) in [6.45, 7) is 0. The van der Waals surface area contributed by atoms with Gasteiger partial charge in [0.05, 0.1) is 9.99 Å². The second-order valence-corrected chi connectivity index (χ2v) is 12.1. The largest absolute Gasteiger partial charge is 0.357 e. The van der Waals surface area contributed by atoms with Crippen molar-refractivity contribution in [1.82, 2.24) is 33.7 Å². The van der Waals surface area contributed by atoms with Gasteiger partial charge in [0, 0.05) is 22.7 Å². The molecule has 4 aromatic heterocycles. The van der Waals surface area contributed by atoms with Gasteiger partial charge < -0.3 is 0 Å². The van der Waals surface area contributed by atoms with E-state index in [0.29, 0.717) is 37.7 Å². The van der Waals surface area contributed by atoms with Gasteiger partial charge in [-0.05, 0) is 78.4 Å². The first kappa shape index (κ1) is 28.1. The molecular formula is C35H19Br2N7O2. The Hall–Kier alpha value is -5.39. The van der Waals surface area contributed by atoms with Crippen LogP contribution < -0.4 is 11.4 Å². The SMILES string of the molecule is O=c1nc(-c2ccccc2)nc2c(Br)cc(-c3ccc(-c4cccc(-c5nc(=O)n6c(Br)nc7ccccc7c6n5)c4)cc3)cn12. The van der Waals surface area contributed by atoms with E-state index in [1.807, 2.05) is 109 Å². The Balaban J connectivity index is 1.15. The fourth-order valence-electron chi connectivity index (χ4n) is 5.44. The molecular weight excluding hydrogens is 710 g/mol. The van der Waals surface area contributed by atoms with Gasteiger partial charge in [-0.1, -0.05) is 84.9 Å². The molecule has 0 aliphatic carbocycles. The van der Waals surface area contributed by atoms with Gasteiger partial charge in [-0.15, -0.1) is 0 Å². The van der Waals surface area contributed by atoms with Gasteiger partial charge in [-0.25, -0.2) is 33.3 Å². The highest BCUT2D eigenvalue weighted by Crippen LogP contribution is 2.30. The smallest absolute Gasteiger partial charge is 0.250 e. The van der Waals surface area contributed by atoms with Crippen molar-refractivity contribution in [3.8, 4) is 45.0 Å². The van der Waals surface area contributed by atoms with Crippen molar-refractivity contribution >= 4 is 54.1 Å². The minimum absolute atomic E-state index is 0.329. The van der Waals surface area contributed by atoms with Gasteiger partial charge in [0.1, 0.15) is 0 Å². The molecule has 0 N–H and O–H groups in total. The van der Waals surface area contributed by atoms with Crippen LogP contribution >= 0.6 is 31.9 Å². The van der Waals surface area contributed by atoms with E-state index in [0.717, 1.165) is 38.7 Å². The second kappa shape index (κ2) is 11.2. The van der Waals surface area contributed by atoms with Gasteiger partial charge in [0.2, 0.25) is 0 Å². The lowest BCUT2D eigenvalue weighted by molar-refractivity contribution is 0.905. The van der Waals surface area contributed by atoms with Crippen molar-refractivity contribution in [1.29, 1.82) is 0 Å². The van der Waals surface area contributed by atoms with E-state index in [4.69, 9.17) is 4.98 Å². The van der Waals surface area contributed by atoms with E-state index in [-0.39, 0.29) is 0 Å². The number of rotatable bonds is 4. The molecule has 220 valence electrons. The van der Waals surface area contributed by atoms with E-state index < -0.39 is 11.4 Å². The maximum absolute atomic E-state index is 13.1. The number of hydrogen-bond donors (Lipinski definition) is 0. The maximum atomic E-state index is 13.1. The Labute approximate surface area is 277 Å². The lowest BCUT2D eigenvalue weighted by atomic mass is 9.99. The third-order valence-electron chi connectivity index (χ3n) is 7.67. The van der Waals surface area contributed by atoms with E-state index in [1.165, 1.54) is 8.80 Å². The standard InChI is InChI=1S/C35H19Br2N7O2/c36-27-18-25(19-43-32(27)40-29(41-34(43)45)22-7-2-1-3-8-22)21-15-13-20(14-16-21)23-9-6-10-24(17-23)30-39-31-26-11-4-5-12-28(26)38-33(37)44(31)35(46)42-30/h1-19H. The molecule has 11 heteroatoms. The molecule has 0 radical (unpaired) electrons. The highest BCUT2D eigenvalue weighted by molar-refractivity contribution is 9.10. The molecule has 0 aliphatic heterocycles. The lowest BCUT2D eigenvalue weighted by Crippen LogP contribution is -2.21. The molecule has 8 rings (SSSR count). The van der Waals surface area contributed by atoms with E-state index in [1.54, 1.807) is 6.20 Å². The Morgan fingerprint density at radius 2 is 1.13 bits per heavy atom. The Kier molecular flexibility index (Phi) is 6.84. The molecule has 8 aromatic rings. The monoisotopic (exact) mass is 727 g/mol. The number of nitrogens with zero attached hydrogens (tertiary/aromatic N) is 7. The summed E-state index contributed by atoms with van der Waals surface area (Å²) in [7, 11) is 0. The van der Waals surface area contributed by atoms with Gasteiger partial charge in [-0.3, -0.25) is 0 Å². The number of halogens is 2. The summed E-state index contributed by atoms with van der Waals surface area (Å²) in [6.07, 6.45) is 1.75. The number of pyridine rings is 1. The summed E-state index contributed by atoms with van der Waals surface area (Å²) in [5, 5.41) is 0.754. The zero-order valence-electron chi connectivity index (χ0n) is 23.7. The summed E-state index contributed by atoms with van der Waals surface area (Å²) in [6, 6.07) is 34.7. The zero-order chi connectivity index (χ0) is 31.4. The molecule has 0 amide bonds. The van der Waals surface area contributed by atoms with Crippen LogP contribution in [0.2, 0.25) is 0 Å². The van der Waals surface area contributed by atoms with E-state index >= 15 is 0 Å². The second-order valence-electron chi connectivity index (χ2n) is 10.5. The number of fused-ring (bicyclic) bond motifs is 4. The molecule has 0 atom stereocenters. The summed E-state index contributed by atoms with van der Waals surface area (Å²) < 4.78 is 3.84. The fourth-order valence-corrected chi connectivity index (χ4v) is 6.47. The predicted octanol–water partition coefficient (Wildman–Crippen LogP) is 7.23. The van der Waals surface area contributed by atoms with Crippen LogP contribution in [0.1, 0.15) is 0 Å². The molecule has 0 saturated carbocycles. The molecule has 0 spiro atoms. The Morgan fingerprint density at radius 3 is 1.93 bits per heavy atom. The molecule has 46 heavy (non-hydrogen) atoms. The van der Waals surface area contributed by atoms with E-state index in [9.17, 15) is 9.59 Å². The van der Waals surface area contributed by atoms with Gasteiger partial charge in [0.15, 0.2) is 27.7 Å². The molecule has 0 bridgehead atoms. The molecule has 0 aliphatic rings. The highest BCUT2D eigenvalue weighted by Gasteiger charge is 2.15. The third kappa shape index (κ3) is 4.90. The lowest BCUT2D eigenvalue weighted by Gasteiger charge is -2.10. The average Bonchev–Trinajstić information content (AvgIpc) is 3.09. The Bertz CT molecular complexity index is 2600. The van der Waals surface area contributed by atoms with Gasteiger partial charge in [-0.2, -0.15) is 9.97 Å². The summed E-state index contributed by atoms with van der Waals surface area (Å²) in [5.74, 6) is 0.707. The zero-order valence-corrected chi connectivity index (χ0v) is 26.8. The van der Waals surface area contributed by atoms with Crippen molar-refractivity contribution in [2.24, 2.45) is 0 Å². The topological polar surface area (TPSA) is 107 Å². The van der Waals surface area contributed by atoms with E-state index in [2.05, 4.69) is 51.8 Å². The van der Waals surface area contributed by atoms with Crippen molar-refractivity contribution < 1.29 is 0 Å². The van der Waals surface area contributed by atoms with Crippen LogP contribution in [-0.4, -0.2) is 33.7 Å². The quantitative estimate of drug-likeness (QED) is 0.139.